The van der Waals surface area contributed by atoms with Gasteiger partial charge in [-0.2, -0.15) is 0 Å². The van der Waals surface area contributed by atoms with Gasteiger partial charge in [-0.25, -0.2) is 9.07 Å². The van der Waals surface area contributed by atoms with Crippen LogP contribution in [0.25, 0.3) is 11.0 Å². The first-order valence-electron chi connectivity index (χ1n) is 13.5. The summed E-state index contributed by atoms with van der Waals surface area (Å²) in [4.78, 5) is 31.2. The molecule has 10 heteroatoms. The van der Waals surface area contributed by atoms with Crippen LogP contribution in [0.4, 0.5) is 15.8 Å². The number of fused-ring (bicyclic) bond motifs is 1. The van der Waals surface area contributed by atoms with Crippen molar-refractivity contribution >= 4 is 34.2 Å². The maximum absolute atomic E-state index is 14.7. The standard InChI is InChI=1S/C30H33FN6O3/c1-21(2)29(30(39)32-23-11-13-24(14-12-23)35-15-17-40-18-16-35)36(19-22-7-3-4-8-25(22)31)28(38)20-37-27-10-6-5-9-26(27)33-34-37/h3-14,21,29H,15-20H2,1-2H3,(H,32,39)/t29-/m0/s1. The predicted molar refractivity (Wildman–Crippen MR) is 151 cm³/mol. The van der Waals surface area contributed by atoms with Gasteiger partial charge in [0.05, 0.1) is 18.7 Å². The van der Waals surface area contributed by atoms with E-state index in [4.69, 9.17) is 4.74 Å². The van der Waals surface area contributed by atoms with Gasteiger partial charge in [0.1, 0.15) is 23.9 Å². The Morgan fingerprint density at radius 1 is 1.00 bits per heavy atom. The molecule has 0 unspecified atom stereocenters. The van der Waals surface area contributed by atoms with Crippen LogP contribution in [0.2, 0.25) is 0 Å². The van der Waals surface area contributed by atoms with E-state index >= 15 is 0 Å². The molecule has 0 saturated carbocycles. The number of nitrogens with zero attached hydrogens (tertiary/aromatic N) is 5. The summed E-state index contributed by atoms with van der Waals surface area (Å²) in [6, 6.07) is 20.4. The van der Waals surface area contributed by atoms with E-state index in [9.17, 15) is 14.0 Å². The third-order valence-corrected chi connectivity index (χ3v) is 7.07. The first-order chi connectivity index (χ1) is 19.4. The van der Waals surface area contributed by atoms with Crippen LogP contribution in [-0.2, 0) is 27.4 Å². The summed E-state index contributed by atoms with van der Waals surface area (Å²) in [5.41, 5.74) is 3.36. The van der Waals surface area contributed by atoms with Crippen molar-refractivity contribution in [2.24, 2.45) is 5.92 Å². The number of morpholine rings is 1. The van der Waals surface area contributed by atoms with Gasteiger partial charge in [-0.15, -0.1) is 5.10 Å². The summed E-state index contributed by atoms with van der Waals surface area (Å²) in [5.74, 6) is -1.40. The van der Waals surface area contributed by atoms with Crippen molar-refractivity contribution in [1.29, 1.82) is 0 Å². The lowest BCUT2D eigenvalue weighted by atomic mass is 10.00. The minimum absolute atomic E-state index is 0.0651. The SMILES string of the molecule is CC(C)[C@@H](C(=O)Nc1ccc(N2CCOCC2)cc1)N(Cc1ccccc1F)C(=O)Cn1nnc2ccccc21. The largest absolute Gasteiger partial charge is 0.378 e. The van der Waals surface area contributed by atoms with Crippen LogP contribution < -0.4 is 10.2 Å². The average Bonchev–Trinajstić information content (AvgIpc) is 3.37. The summed E-state index contributed by atoms with van der Waals surface area (Å²) >= 11 is 0. The highest BCUT2D eigenvalue weighted by Gasteiger charge is 2.33. The maximum Gasteiger partial charge on any atom is 0.247 e. The van der Waals surface area contributed by atoms with Gasteiger partial charge in [0, 0.05) is 36.6 Å². The Morgan fingerprint density at radius 3 is 2.42 bits per heavy atom. The number of carbonyl (C=O) groups excluding carboxylic acids is 2. The van der Waals surface area contributed by atoms with Gasteiger partial charge in [-0.3, -0.25) is 9.59 Å². The molecule has 1 aliphatic rings. The van der Waals surface area contributed by atoms with Crippen LogP contribution in [0, 0.1) is 11.7 Å². The van der Waals surface area contributed by atoms with Gasteiger partial charge in [-0.1, -0.05) is 49.4 Å². The van der Waals surface area contributed by atoms with Crippen LogP contribution in [0.5, 0.6) is 0 Å². The van der Waals surface area contributed by atoms with Crippen molar-refractivity contribution in [2.75, 3.05) is 36.5 Å². The second-order valence-electron chi connectivity index (χ2n) is 10.2. The van der Waals surface area contributed by atoms with E-state index in [0.29, 0.717) is 35.5 Å². The molecular formula is C30H33FN6O3. The number of hydrogen-bond acceptors (Lipinski definition) is 6. The maximum atomic E-state index is 14.7. The van der Waals surface area contributed by atoms with E-state index in [1.165, 1.54) is 15.6 Å². The van der Waals surface area contributed by atoms with Gasteiger partial charge >= 0.3 is 0 Å². The van der Waals surface area contributed by atoms with Crippen molar-refractivity contribution in [2.45, 2.75) is 33.0 Å². The summed E-state index contributed by atoms with van der Waals surface area (Å²) in [6.07, 6.45) is 0. The second-order valence-corrected chi connectivity index (χ2v) is 10.2. The highest BCUT2D eigenvalue weighted by molar-refractivity contribution is 5.97. The van der Waals surface area contributed by atoms with Crippen molar-refractivity contribution in [3.05, 3.63) is 84.2 Å². The van der Waals surface area contributed by atoms with Crippen LogP contribution in [-0.4, -0.2) is 64.1 Å². The molecule has 5 rings (SSSR count). The molecule has 2 heterocycles. The Bertz CT molecular complexity index is 1470. The van der Waals surface area contributed by atoms with Crippen molar-refractivity contribution in [3.63, 3.8) is 0 Å². The topological polar surface area (TPSA) is 92.6 Å². The van der Waals surface area contributed by atoms with E-state index in [1.54, 1.807) is 18.2 Å². The lowest BCUT2D eigenvalue weighted by Gasteiger charge is -2.34. The Labute approximate surface area is 232 Å². The molecule has 1 atom stereocenters. The Kier molecular flexibility index (Phi) is 8.35. The average molecular weight is 545 g/mol. The van der Waals surface area contributed by atoms with Crippen LogP contribution in [0.1, 0.15) is 19.4 Å². The molecule has 0 spiro atoms. The molecule has 40 heavy (non-hydrogen) atoms. The van der Waals surface area contributed by atoms with Gasteiger partial charge in [0.15, 0.2) is 0 Å². The smallest absolute Gasteiger partial charge is 0.247 e. The molecule has 1 aromatic heterocycles. The summed E-state index contributed by atoms with van der Waals surface area (Å²) in [5, 5.41) is 11.2. The number of benzene rings is 3. The van der Waals surface area contributed by atoms with E-state index < -0.39 is 11.9 Å². The molecule has 1 saturated heterocycles. The molecule has 208 valence electrons. The molecule has 1 N–H and O–H groups in total. The second kappa shape index (κ2) is 12.3. The Hall–Kier alpha value is -4.31. The fourth-order valence-corrected chi connectivity index (χ4v) is 5.00. The molecule has 3 aromatic carbocycles. The van der Waals surface area contributed by atoms with Gasteiger partial charge in [0.2, 0.25) is 11.8 Å². The number of amides is 2. The Balaban J connectivity index is 1.39. The molecule has 1 fully saturated rings. The van der Waals surface area contributed by atoms with E-state index in [-0.39, 0.29) is 30.8 Å². The lowest BCUT2D eigenvalue weighted by Crippen LogP contribution is -2.51. The molecule has 1 aliphatic heterocycles. The summed E-state index contributed by atoms with van der Waals surface area (Å²) in [6.45, 7) is 6.54. The van der Waals surface area contributed by atoms with Crippen molar-refractivity contribution in [3.8, 4) is 0 Å². The number of carbonyl (C=O) groups is 2. The molecule has 0 aliphatic carbocycles. The first kappa shape index (κ1) is 27.3. The molecular weight excluding hydrogens is 511 g/mol. The van der Waals surface area contributed by atoms with Crippen LogP contribution in [0.3, 0.4) is 0 Å². The molecule has 2 amide bonds. The number of ether oxygens (including phenoxy) is 1. The third-order valence-electron chi connectivity index (χ3n) is 7.07. The highest BCUT2D eigenvalue weighted by atomic mass is 19.1. The van der Waals surface area contributed by atoms with Gasteiger partial charge in [-0.05, 0) is 48.4 Å². The zero-order chi connectivity index (χ0) is 28.1. The normalized spacial score (nSPS) is 14.3. The zero-order valence-electron chi connectivity index (χ0n) is 22.7. The minimum Gasteiger partial charge on any atom is -0.378 e. The van der Waals surface area contributed by atoms with Crippen molar-refractivity contribution < 1.29 is 18.7 Å². The quantitative estimate of drug-likeness (QED) is 0.341. The number of nitrogens with one attached hydrogen (secondary N) is 1. The van der Waals surface area contributed by atoms with E-state index in [1.807, 2.05) is 62.4 Å². The van der Waals surface area contributed by atoms with E-state index in [0.717, 1.165) is 18.8 Å². The predicted octanol–water partition coefficient (Wildman–Crippen LogP) is 4.10. The monoisotopic (exact) mass is 544 g/mol. The van der Waals surface area contributed by atoms with Crippen LogP contribution >= 0.6 is 0 Å². The molecule has 0 bridgehead atoms. The fraction of sp³-hybridized carbons (Fsp3) is 0.333. The van der Waals surface area contributed by atoms with E-state index in [2.05, 4.69) is 20.5 Å². The van der Waals surface area contributed by atoms with Gasteiger partial charge < -0.3 is 19.9 Å². The highest BCUT2D eigenvalue weighted by Crippen LogP contribution is 2.23. The lowest BCUT2D eigenvalue weighted by molar-refractivity contribution is -0.141. The van der Waals surface area contributed by atoms with Gasteiger partial charge in [0.25, 0.3) is 0 Å². The summed E-state index contributed by atoms with van der Waals surface area (Å²) in [7, 11) is 0. The number of hydrogen-bond donors (Lipinski definition) is 1. The first-order valence-corrected chi connectivity index (χ1v) is 13.5. The number of anilines is 2. The fourth-order valence-electron chi connectivity index (χ4n) is 5.00. The number of halogens is 1. The van der Waals surface area contributed by atoms with Crippen molar-refractivity contribution in [1.82, 2.24) is 19.9 Å². The number of para-hydroxylation sites is 1. The minimum atomic E-state index is -0.860. The Morgan fingerprint density at radius 2 is 1.70 bits per heavy atom. The zero-order valence-corrected chi connectivity index (χ0v) is 22.7. The number of aromatic nitrogens is 3. The third kappa shape index (κ3) is 6.12. The number of rotatable bonds is 9. The van der Waals surface area contributed by atoms with Crippen LogP contribution in [0.15, 0.2) is 72.8 Å². The molecule has 9 nitrogen and oxygen atoms in total. The molecule has 0 radical (unpaired) electrons. The summed E-state index contributed by atoms with van der Waals surface area (Å²) < 4.78 is 21.7. The molecule has 4 aromatic rings.